The highest BCUT2D eigenvalue weighted by Crippen LogP contribution is 2.52. The summed E-state index contributed by atoms with van der Waals surface area (Å²) in [5, 5.41) is 10.7. The number of nitrogens with one attached hydrogen (secondary N) is 4. The highest BCUT2D eigenvalue weighted by molar-refractivity contribution is 6.03. The first-order valence-corrected chi connectivity index (χ1v) is 14.7. The number of carbonyl (C=O) groups is 2. The summed E-state index contributed by atoms with van der Waals surface area (Å²) in [6, 6.07) is 13.4. The molecule has 2 saturated carbocycles. The third kappa shape index (κ3) is 5.32. The summed E-state index contributed by atoms with van der Waals surface area (Å²) in [5.74, 6) is 0.501. The lowest BCUT2D eigenvalue weighted by molar-refractivity contribution is -0.118. The highest BCUT2D eigenvalue weighted by atomic mass is 16.5. The summed E-state index contributed by atoms with van der Waals surface area (Å²) >= 11 is 0. The normalized spacial score (nSPS) is 22.8. The van der Waals surface area contributed by atoms with E-state index in [1.54, 1.807) is 18.6 Å². The third-order valence-electron chi connectivity index (χ3n) is 8.99. The number of aromatic nitrogens is 4. The Kier molecular flexibility index (Phi) is 6.81. The van der Waals surface area contributed by atoms with Gasteiger partial charge in [0.25, 0.3) is 5.91 Å². The van der Waals surface area contributed by atoms with Gasteiger partial charge in [0.15, 0.2) is 0 Å². The van der Waals surface area contributed by atoms with E-state index >= 15 is 0 Å². The topological polar surface area (TPSA) is 137 Å². The lowest BCUT2D eigenvalue weighted by Gasteiger charge is -2.29. The number of H-pyrrole nitrogens is 1. The van der Waals surface area contributed by atoms with E-state index in [0.29, 0.717) is 24.6 Å². The molecule has 1 aliphatic heterocycles. The summed E-state index contributed by atoms with van der Waals surface area (Å²) in [7, 11) is 0. The molecule has 2 bridgehead atoms. The molecule has 0 atom stereocenters. The minimum Gasteiger partial charge on any atom is -0.379 e. The Bertz CT molecular complexity index is 1680. The molecule has 1 saturated heterocycles. The van der Waals surface area contributed by atoms with Crippen LogP contribution < -0.4 is 20.9 Å². The number of amides is 2. The summed E-state index contributed by atoms with van der Waals surface area (Å²) < 4.78 is 5.49. The fourth-order valence-electron chi connectivity index (χ4n) is 6.84. The zero-order valence-electron chi connectivity index (χ0n) is 23.9. The van der Waals surface area contributed by atoms with E-state index in [9.17, 15) is 9.59 Å². The van der Waals surface area contributed by atoms with Crippen molar-refractivity contribution in [1.82, 2.24) is 25.3 Å². The van der Waals surface area contributed by atoms with E-state index in [1.165, 1.54) is 6.08 Å². The lowest BCUT2D eigenvalue weighted by Crippen LogP contribution is -2.44. The zero-order chi connectivity index (χ0) is 29.4. The van der Waals surface area contributed by atoms with E-state index in [0.717, 1.165) is 79.0 Å². The van der Waals surface area contributed by atoms with Gasteiger partial charge in [-0.15, -0.1) is 0 Å². The van der Waals surface area contributed by atoms with Crippen LogP contribution in [0.5, 0.6) is 0 Å². The average molecular weight is 579 g/mol. The minimum atomic E-state index is -0.282. The van der Waals surface area contributed by atoms with E-state index in [-0.39, 0.29) is 22.9 Å². The second kappa shape index (κ2) is 10.8. The molecule has 2 amide bonds. The molecule has 43 heavy (non-hydrogen) atoms. The lowest BCUT2D eigenvalue weighted by atomic mass is 9.91. The molecule has 11 heteroatoms. The van der Waals surface area contributed by atoms with Gasteiger partial charge in [-0.2, -0.15) is 0 Å². The molecule has 0 unspecified atom stereocenters. The van der Waals surface area contributed by atoms with Gasteiger partial charge in [-0.3, -0.25) is 14.6 Å². The number of anilines is 3. The van der Waals surface area contributed by atoms with E-state index in [2.05, 4.69) is 53.4 Å². The number of aromatic amines is 1. The second-order valence-electron chi connectivity index (χ2n) is 11.8. The van der Waals surface area contributed by atoms with Crippen LogP contribution in [0.25, 0.3) is 22.3 Å². The van der Waals surface area contributed by atoms with Crippen LogP contribution in [-0.2, 0) is 9.53 Å². The van der Waals surface area contributed by atoms with Gasteiger partial charge in [-0.1, -0.05) is 18.7 Å². The molecule has 0 spiro atoms. The van der Waals surface area contributed by atoms with Crippen molar-refractivity contribution in [2.45, 2.75) is 43.2 Å². The Labute approximate surface area is 249 Å². The van der Waals surface area contributed by atoms with Gasteiger partial charge in [0.05, 0.1) is 18.6 Å². The number of pyridine rings is 1. The number of fused-ring (bicyclic) bond motifs is 3. The molecule has 4 heterocycles. The van der Waals surface area contributed by atoms with Crippen LogP contribution in [0, 0.1) is 0 Å². The number of morpholine rings is 1. The van der Waals surface area contributed by atoms with Crippen LogP contribution in [0.2, 0.25) is 0 Å². The molecule has 3 fully saturated rings. The van der Waals surface area contributed by atoms with Crippen molar-refractivity contribution in [1.29, 1.82) is 0 Å². The standard InChI is InChI=1S/C32H34N8O3/c1-2-27(41)39-32-10-8-31(19-32,9-11-32)38-23-7-12-33-26(17-23)30(42)36-22-5-3-21(4-6-22)25-18-24-28(37-25)34-20-35-29(24)40-13-15-43-16-14-40/h2-7,12,17-18,20H,1,8-11,13-16,19H2,(H,33,38)(H,36,42)(H,39,41)(H,34,35,37). The summed E-state index contributed by atoms with van der Waals surface area (Å²) in [6.45, 7) is 6.55. The summed E-state index contributed by atoms with van der Waals surface area (Å²) in [5.41, 5.74) is 4.26. The molecular formula is C32H34N8O3. The van der Waals surface area contributed by atoms with Gasteiger partial charge in [0.1, 0.15) is 23.5 Å². The predicted molar refractivity (Wildman–Crippen MR) is 165 cm³/mol. The van der Waals surface area contributed by atoms with E-state index < -0.39 is 0 Å². The minimum absolute atomic E-state index is 0.101. The molecule has 4 N–H and O–H groups in total. The number of carbonyl (C=O) groups excluding carboxylic acids is 2. The monoisotopic (exact) mass is 578 g/mol. The molecule has 1 aromatic carbocycles. The zero-order valence-corrected chi connectivity index (χ0v) is 23.9. The van der Waals surface area contributed by atoms with Gasteiger partial charge in [0.2, 0.25) is 5.91 Å². The van der Waals surface area contributed by atoms with Crippen molar-refractivity contribution in [3.63, 3.8) is 0 Å². The molecule has 3 aliphatic rings. The molecular weight excluding hydrogens is 544 g/mol. The first-order valence-electron chi connectivity index (χ1n) is 14.7. The smallest absolute Gasteiger partial charge is 0.274 e. The molecule has 2 aliphatic carbocycles. The predicted octanol–water partition coefficient (Wildman–Crippen LogP) is 4.28. The van der Waals surface area contributed by atoms with E-state index in [4.69, 9.17) is 4.74 Å². The van der Waals surface area contributed by atoms with Crippen molar-refractivity contribution >= 4 is 40.0 Å². The average Bonchev–Trinajstić information content (AvgIpc) is 3.73. The molecule has 220 valence electrons. The maximum absolute atomic E-state index is 13.1. The maximum Gasteiger partial charge on any atom is 0.274 e. The fourth-order valence-corrected chi connectivity index (χ4v) is 6.84. The van der Waals surface area contributed by atoms with Gasteiger partial charge >= 0.3 is 0 Å². The van der Waals surface area contributed by atoms with Crippen LogP contribution in [0.4, 0.5) is 17.2 Å². The van der Waals surface area contributed by atoms with Crippen LogP contribution >= 0.6 is 0 Å². The highest BCUT2D eigenvalue weighted by Gasteiger charge is 2.54. The van der Waals surface area contributed by atoms with E-state index in [1.807, 2.05) is 30.3 Å². The number of ether oxygens (including phenoxy) is 1. The Balaban J connectivity index is 1.02. The maximum atomic E-state index is 13.1. The molecule has 4 aromatic rings. The number of hydrogen-bond donors (Lipinski definition) is 4. The Hall–Kier alpha value is -4.77. The van der Waals surface area contributed by atoms with Gasteiger partial charge in [-0.05, 0) is 74.1 Å². The summed E-state index contributed by atoms with van der Waals surface area (Å²) in [4.78, 5) is 44.0. The van der Waals surface area contributed by atoms with Crippen LogP contribution in [-0.4, -0.2) is 69.1 Å². The molecule has 7 rings (SSSR count). The second-order valence-corrected chi connectivity index (χ2v) is 11.8. The van der Waals surface area contributed by atoms with Crippen molar-refractivity contribution in [3.8, 4) is 11.3 Å². The first kappa shape index (κ1) is 27.1. The Morgan fingerprint density at radius 2 is 1.72 bits per heavy atom. The largest absolute Gasteiger partial charge is 0.379 e. The van der Waals surface area contributed by atoms with Crippen LogP contribution in [0.15, 0.2) is 67.6 Å². The van der Waals surface area contributed by atoms with Crippen molar-refractivity contribution in [2.75, 3.05) is 41.8 Å². The van der Waals surface area contributed by atoms with Crippen LogP contribution in [0.3, 0.4) is 0 Å². The first-order chi connectivity index (χ1) is 20.9. The number of benzene rings is 1. The number of rotatable bonds is 8. The van der Waals surface area contributed by atoms with Gasteiger partial charge in [0, 0.05) is 47.4 Å². The van der Waals surface area contributed by atoms with Gasteiger partial charge in [-0.25, -0.2) is 9.97 Å². The van der Waals surface area contributed by atoms with Crippen molar-refractivity contribution in [2.24, 2.45) is 0 Å². The van der Waals surface area contributed by atoms with Crippen LogP contribution in [0.1, 0.15) is 42.6 Å². The third-order valence-corrected chi connectivity index (χ3v) is 8.99. The molecule has 3 aromatic heterocycles. The Morgan fingerprint density at radius 1 is 0.953 bits per heavy atom. The Morgan fingerprint density at radius 3 is 2.49 bits per heavy atom. The van der Waals surface area contributed by atoms with Crippen molar-refractivity contribution in [3.05, 3.63) is 73.3 Å². The van der Waals surface area contributed by atoms with Crippen molar-refractivity contribution < 1.29 is 14.3 Å². The molecule has 0 radical (unpaired) electrons. The number of nitrogens with zero attached hydrogens (tertiary/aromatic N) is 4. The number of hydrogen-bond acceptors (Lipinski definition) is 8. The molecule has 11 nitrogen and oxygen atoms in total. The fraction of sp³-hybridized carbons (Fsp3) is 0.344. The summed E-state index contributed by atoms with van der Waals surface area (Å²) in [6.07, 6.45) is 9.19. The quantitative estimate of drug-likeness (QED) is 0.228. The SMILES string of the molecule is C=CC(=O)NC12CCC(Nc3ccnc(C(=O)Nc4ccc(-c5cc6c(N7CCOCC7)ncnc6[nH]5)cc4)c3)(CC1)C2. The van der Waals surface area contributed by atoms with Gasteiger partial charge < -0.3 is 30.6 Å².